The first-order valence-electron chi connectivity index (χ1n) is 11.4. The molecule has 8 nitrogen and oxygen atoms in total. The number of ether oxygens (including phenoxy) is 3. The van der Waals surface area contributed by atoms with E-state index in [4.69, 9.17) is 19.3 Å². The highest BCUT2D eigenvalue weighted by molar-refractivity contribution is 5.96. The molecule has 1 aromatic heterocycles. The van der Waals surface area contributed by atoms with Gasteiger partial charge in [0.2, 0.25) is 0 Å². The lowest BCUT2D eigenvalue weighted by Crippen LogP contribution is -2.22. The van der Waals surface area contributed by atoms with Crippen LogP contribution in [0.15, 0.2) is 54.2 Å². The largest absolute Gasteiger partial charge is 0.493 e. The maximum atomic E-state index is 12.8. The second-order valence-corrected chi connectivity index (χ2v) is 8.37. The number of esters is 1. The fourth-order valence-electron chi connectivity index (χ4n) is 4.49. The minimum Gasteiger partial charge on any atom is -0.493 e. The van der Waals surface area contributed by atoms with E-state index in [1.807, 2.05) is 54.1 Å². The van der Waals surface area contributed by atoms with Gasteiger partial charge in [-0.25, -0.2) is 9.48 Å². The minimum absolute atomic E-state index is 0.399. The van der Waals surface area contributed by atoms with Crippen molar-refractivity contribution in [1.82, 2.24) is 15.1 Å². The maximum Gasteiger partial charge on any atom is 0.356 e. The number of carbonyl (C=O) groups excluding carboxylic acids is 1. The molecule has 2 aromatic carbocycles. The van der Waals surface area contributed by atoms with Crippen LogP contribution >= 0.6 is 0 Å². The third kappa shape index (κ3) is 3.96. The van der Waals surface area contributed by atoms with Crippen LogP contribution in [0.2, 0.25) is 0 Å². The fourth-order valence-corrected chi connectivity index (χ4v) is 4.49. The Morgan fingerprint density at radius 3 is 2.50 bits per heavy atom. The highest BCUT2D eigenvalue weighted by atomic mass is 16.6. The van der Waals surface area contributed by atoms with Gasteiger partial charge in [-0.2, -0.15) is 5.10 Å². The number of hydrogen-bond acceptors (Lipinski definition) is 7. The number of anilines is 1. The summed E-state index contributed by atoms with van der Waals surface area (Å²) in [6.07, 6.45) is 3.52. The predicted octanol–water partition coefficient (Wildman–Crippen LogP) is 3.98. The van der Waals surface area contributed by atoms with Gasteiger partial charge in [-0.1, -0.05) is 18.2 Å². The number of nitrogens with one attached hydrogen (secondary N) is 1. The van der Waals surface area contributed by atoms with Gasteiger partial charge in [-0.05, 0) is 56.2 Å². The Labute approximate surface area is 198 Å². The van der Waals surface area contributed by atoms with E-state index in [1.54, 1.807) is 26.4 Å². The lowest BCUT2D eigenvalue weighted by Gasteiger charge is -2.20. The second-order valence-electron chi connectivity index (χ2n) is 8.37. The van der Waals surface area contributed by atoms with E-state index in [9.17, 15) is 4.79 Å². The summed E-state index contributed by atoms with van der Waals surface area (Å²) in [6.45, 7) is 3.89. The molecule has 0 bridgehead atoms. The van der Waals surface area contributed by atoms with E-state index < -0.39 is 12.2 Å². The van der Waals surface area contributed by atoms with Crippen molar-refractivity contribution in [1.29, 1.82) is 0 Å². The van der Waals surface area contributed by atoms with Crippen molar-refractivity contribution in [2.75, 3.05) is 32.2 Å². The highest BCUT2D eigenvalue weighted by Gasteiger charge is 2.32. The van der Waals surface area contributed by atoms with E-state index in [-0.39, 0.29) is 0 Å². The van der Waals surface area contributed by atoms with Gasteiger partial charge >= 0.3 is 5.97 Å². The molecule has 1 unspecified atom stereocenters. The average Bonchev–Trinajstić information content (AvgIpc) is 3.59. The van der Waals surface area contributed by atoms with Gasteiger partial charge in [0.15, 0.2) is 17.7 Å². The summed E-state index contributed by atoms with van der Waals surface area (Å²) in [7, 11) is 3.16. The normalized spacial score (nSPS) is 18.8. The lowest BCUT2D eigenvalue weighted by molar-refractivity contribution is -0.139. The zero-order chi connectivity index (χ0) is 23.7. The Morgan fingerprint density at radius 2 is 1.79 bits per heavy atom. The summed E-state index contributed by atoms with van der Waals surface area (Å²) >= 11 is 0. The van der Waals surface area contributed by atoms with E-state index in [0.29, 0.717) is 17.2 Å². The highest BCUT2D eigenvalue weighted by Crippen LogP contribution is 2.35. The first-order chi connectivity index (χ1) is 16.6. The van der Waals surface area contributed by atoms with Gasteiger partial charge < -0.3 is 24.4 Å². The Kier molecular flexibility index (Phi) is 5.88. The first-order valence-corrected chi connectivity index (χ1v) is 11.4. The molecule has 0 aliphatic carbocycles. The number of nitrogens with zero attached hydrogens (tertiary/aromatic N) is 3. The summed E-state index contributed by atoms with van der Waals surface area (Å²) in [5.41, 5.74) is 3.92. The lowest BCUT2D eigenvalue weighted by atomic mass is 10.1. The third-order valence-electron chi connectivity index (χ3n) is 6.22. The van der Waals surface area contributed by atoms with Gasteiger partial charge in [0.1, 0.15) is 11.5 Å². The smallest absolute Gasteiger partial charge is 0.356 e. The number of aromatic nitrogens is 2. The SMILES string of the molecule is COc1ccc(C2N/C(=C/c3c(C)nn(-c4ccccc4)c3N3CCCC3)C(=O)O2)cc1OC. The van der Waals surface area contributed by atoms with E-state index in [1.165, 1.54) is 0 Å². The predicted molar refractivity (Wildman–Crippen MR) is 129 cm³/mol. The van der Waals surface area contributed by atoms with Crippen LogP contribution in [-0.2, 0) is 9.53 Å². The molecular weight excluding hydrogens is 432 g/mol. The van der Waals surface area contributed by atoms with Crippen LogP contribution in [0, 0.1) is 6.92 Å². The van der Waals surface area contributed by atoms with Crippen molar-refractivity contribution in [3.8, 4) is 17.2 Å². The molecule has 0 amide bonds. The van der Waals surface area contributed by atoms with Crippen LogP contribution in [0.5, 0.6) is 11.5 Å². The number of carbonyl (C=O) groups is 1. The Hall–Kier alpha value is -3.94. The molecule has 0 radical (unpaired) electrons. The molecule has 3 heterocycles. The van der Waals surface area contributed by atoms with Crippen molar-refractivity contribution >= 4 is 17.9 Å². The number of cyclic esters (lactones) is 1. The number of aryl methyl sites for hydroxylation is 1. The van der Waals surface area contributed by atoms with Crippen molar-refractivity contribution in [3.63, 3.8) is 0 Å². The van der Waals surface area contributed by atoms with Gasteiger partial charge in [-0.15, -0.1) is 0 Å². The molecule has 2 saturated heterocycles. The molecule has 8 heteroatoms. The third-order valence-corrected chi connectivity index (χ3v) is 6.22. The van der Waals surface area contributed by atoms with Crippen LogP contribution < -0.4 is 19.7 Å². The molecule has 3 aromatic rings. The molecule has 2 fully saturated rings. The molecule has 0 spiro atoms. The van der Waals surface area contributed by atoms with E-state index in [0.717, 1.165) is 54.3 Å². The minimum atomic E-state index is -0.613. The van der Waals surface area contributed by atoms with Gasteiger partial charge in [0.25, 0.3) is 0 Å². The summed E-state index contributed by atoms with van der Waals surface area (Å²) < 4.78 is 18.3. The van der Waals surface area contributed by atoms with E-state index in [2.05, 4.69) is 10.2 Å². The summed E-state index contributed by atoms with van der Waals surface area (Å²) in [5.74, 6) is 1.79. The number of methoxy groups -OCH3 is 2. The molecule has 1 N–H and O–H groups in total. The molecule has 176 valence electrons. The first kappa shape index (κ1) is 21.9. The monoisotopic (exact) mass is 460 g/mol. The average molecular weight is 461 g/mol. The second kappa shape index (κ2) is 9.13. The van der Waals surface area contributed by atoms with Crippen LogP contribution in [0.1, 0.15) is 35.9 Å². The fraction of sp³-hybridized carbons (Fsp3) is 0.308. The molecule has 2 aliphatic heterocycles. The molecule has 34 heavy (non-hydrogen) atoms. The number of para-hydroxylation sites is 1. The van der Waals surface area contributed by atoms with Crippen molar-refractivity contribution in [3.05, 3.63) is 71.0 Å². The number of rotatable bonds is 6. The zero-order valence-electron chi connectivity index (χ0n) is 19.6. The molecule has 0 saturated carbocycles. The van der Waals surface area contributed by atoms with Crippen LogP contribution in [-0.4, -0.2) is 43.1 Å². The summed E-state index contributed by atoms with van der Waals surface area (Å²) in [6, 6.07) is 15.5. The quantitative estimate of drug-likeness (QED) is 0.440. The molecular formula is C26H28N4O4. The number of hydrogen-bond donors (Lipinski definition) is 1. The molecule has 1 atom stereocenters. The van der Waals surface area contributed by atoms with Crippen molar-refractivity contribution in [2.24, 2.45) is 0 Å². The zero-order valence-corrected chi connectivity index (χ0v) is 19.6. The van der Waals surface area contributed by atoms with Crippen molar-refractivity contribution < 1.29 is 19.0 Å². The van der Waals surface area contributed by atoms with Crippen LogP contribution in [0.25, 0.3) is 11.8 Å². The molecule has 5 rings (SSSR count). The Balaban J connectivity index is 1.51. The van der Waals surface area contributed by atoms with Crippen molar-refractivity contribution in [2.45, 2.75) is 26.0 Å². The van der Waals surface area contributed by atoms with Crippen LogP contribution in [0.4, 0.5) is 5.82 Å². The summed E-state index contributed by atoms with van der Waals surface area (Å²) in [5, 5.41) is 8.06. The molecule has 2 aliphatic rings. The van der Waals surface area contributed by atoms with Gasteiger partial charge in [0, 0.05) is 24.2 Å². The van der Waals surface area contributed by atoms with Crippen LogP contribution in [0.3, 0.4) is 0 Å². The van der Waals surface area contributed by atoms with Gasteiger partial charge in [-0.3, -0.25) is 0 Å². The Bertz CT molecular complexity index is 1230. The van der Waals surface area contributed by atoms with E-state index >= 15 is 0 Å². The van der Waals surface area contributed by atoms with Gasteiger partial charge in [0.05, 0.1) is 25.6 Å². The maximum absolute atomic E-state index is 12.8. The summed E-state index contributed by atoms with van der Waals surface area (Å²) in [4.78, 5) is 15.1. The Morgan fingerprint density at radius 1 is 1.06 bits per heavy atom. The topological polar surface area (TPSA) is 77.9 Å². The standard InChI is InChI=1S/C26H28N4O4/c1-17-20(25(29-13-7-8-14-29)30(28-17)19-9-5-4-6-10-19)16-21-26(31)34-24(27-21)18-11-12-22(32-2)23(15-18)33-3/h4-6,9-12,15-16,24,27H,7-8,13-14H2,1-3H3/b21-16+. The number of benzene rings is 2.